The van der Waals surface area contributed by atoms with E-state index in [1.54, 1.807) is 0 Å². The van der Waals surface area contributed by atoms with Crippen LogP contribution in [0.15, 0.2) is 0 Å². The molecule has 0 spiro atoms. The van der Waals surface area contributed by atoms with Gasteiger partial charge in [-0.1, -0.05) is 0 Å². The zero-order chi connectivity index (χ0) is 0. The Kier molecular flexibility index (Phi) is 283. The molecule has 1 nitrogen and oxygen atoms in total. The van der Waals surface area contributed by atoms with Crippen molar-refractivity contribution in [3.05, 3.63) is 0 Å². The molecule has 2 radical (unpaired) electrons. The largest absolute Gasteiger partial charge is 0 e. The number of hydrogen-bond donors (Lipinski definition) is 0. The molecule has 0 aromatic rings. The molecule has 0 amide bonds. The van der Waals surface area contributed by atoms with Gasteiger partial charge in [0.2, 0.25) is 0 Å². The third kappa shape index (κ3) is 20.3. The van der Waals surface area contributed by atoms with Crippen molar-refractivity contribution in [1.82, 2.24) is 0 Å². The van der Waals surface area contributed by atoms with E-state index in [9.17, 15) is 0 Å². The maximum atomic E-state index is 0. The van der Waals surface area contributed by atoms with Crippen LogP contribution in [0.4, 0.5) is 0 Å². The van der Waals surface area contributed by atoms with Gasteiger partial charge in [-0.3, -0.25) is 0 Å². The second-order valence-electron chi connectivity index (χ2n) is 0. The van der Waals surface area contributed by atoms with Crippen molar-refractivity contribution in [2.45, 2.75) is 0 Å². The summed E-state index contributed by atoms with van der Waals surface area (Å²) in [6.45, 7) is 0. The van der Waals surface area contributed by atoms with Crippen LogP contribution in [0.5, 0.6) is 0 Å². The van der Waals surface area contributed by atoms with Crippen molar-refractivity contribution < 1.29 is 61.0 Å². The average Bonchev–Trinajstić information content (AvgIpc) is 0. The first-order valence-electron chi connectivity index (χ1n) is 0. The standard InChI is InChI=1S/Co.Cu.Na.H2O.Ti.H/h;;;1H2;;. The van der Waals surface area contributed by atoms with Gasteiger partial charge < -0.3 is 5.48 Å². The Bertz CT molecular complexity index is 11.6. The molecule has 0 fully saturated rings. The smallest absolute Gasteiger partial charge is 0 e. The third-order valence-corrected chi connectivity index (χ3v) is 0. The Morgan fingerprint density at radius 2 is 1.00 bits per heavy atom. The summed E-state index contributed by atoms with van der Waals surface area (Å²) in [5, 5.41) is 0. The first-order chi connectivity index (χ1) is 0. The van der Waals surface area contributed by atoms with Gasteiger partial charge in [-0.25, -0.2) is 0 Å². The molecule has 5 heteroatoms. The summed E-state index contributed by atoms with van der Waals surface area (Å²) in [5.41, 5.74) is 0. The van der Waals surface area contributed by atoms with Gasteiger partial charge >= 0.3 is 29.6 Å². The molecule has 0 aliphatic heterocycles. The van der Waals surface area contributed by atoms with Gasteiger partial charge in [0.05, 0.1) is 0 Å². The van der Waals surface area contributed by atoms with Crippen molar-refractivity contribution in [2.24, 2.45) is 0 Å². The van der Waals surface area contributed by atoms with E-state index in [1.165, 1.54) is 0 Å². The van der Waals surface area contributed by atoms with Gasteiger partial charge in [0.25, 0.3) is 0 Å². The molecule has 0 saturated heterocycles. The second kappa shape index (κ2) is 29.9. The first kappa shape index (κ1) is 47.4. The molecular weight excluding hydrogens is 209 g/mol. The maximum Gasteiger partial charge on any atom is 0 e. The molecule has 0 aliphatic rings. The van der Waals surface area contributed by atoms with Crippen molar-refractivity contribution in [2.75, 3.05) is 0 Å². The normalized spacial score (nSPS) is 0. The average molecular weight is 212 g/mol. The minimum Gasteiger partial charge on any atom is 0 e. The van der Waals surface area contributed by atoms with E-state index in [0.717, 1.165) is 0 Å². The predicted molar refractivity (Wildman–Crippen MR) is 10.8 cm³/mol. The van der Waals surface area contributed by atoms with Gasteiger partial charge in [-0.2, -0.15) is 0 Å². The summed E-state index contributed by atoms with van der Waals surface area (Å²) in [4.78, 5) is 0. The molecule has 0 aliphatic carbocycles. The topological polar surface area (TPSA) is 31.5 Å². The van der Waals surface area contributed by atoms with Gasteiger partial charge in [-0.15, -0.1) is 0 Å². The molecule has 0 heterocycles. The van der Waals surface area contributed by atoms with E-state index < -0.39 is 0 Å². The van der Waals surface area contributed by atoms with Crippen molar-refractivity contribution in [1.29, 1.82) is 0 Å². The Morgan fingerprint density at radius 3 is 1.00 bits per heavy atom. The van der Waals surface area contributed by atoms with E-state index in [2.05, 4.69) is 0 Å². The molecule has 34 valence electrons. The summed E-state index contributed by atoms with van der Waals surface area (Å²) in [7, 11) is 0. The van der Waals surface area contributed by atoms with Gasteiger partial charge in [0.15, 0.2) is 0 Å². The predicted octanol–water partition coefficient (Wildman–Crippen LogP) is -1.48. The summed E-state index contributed by atoms with van der Waals surface area (Å²) in [6.07, 6.45) is 0. The molecule has 0 atom stereocenters. The van der Waals surface area contributed by atoms with Crippen molar-refractivity contribution in [3.63, 3.8) is 0 Å². The van der Waals surface area contributed by atoms with Crippen LogP contribution in [0.1, 0.15) is 0 Å². The fraction of sp³-hybridized carbons (Fsp3) is 0. The minimum atomic E-state index is 0. The van der Waals surface area contributed by atoms with Crippen LogP contribution in [0.25, 0.3) is 0 Å². The summed E-state index contributed by atoms with van der Waals surface area (Å²) < 4.78 is 0. The Labute approximate surface area is 89.2 Å². The van der Waals surface area contributed by atoms with Crippen molar-refractivity contribution >= 4 is 29.6 Å². The van der Waals surface area contributed by atoms with E-state index in [4.69, 9.17) is 0 Å². The quantitative estimate of drug-likeness (QED) is 0.439. The Morgan fingerprint density at radius 1 is 1.00 bits per heavy atom. The van der Waals surface area contributed by atoms with E-state index in [-0.39, 0.29) is 90.6 Å². The first-order valence-corrected chi connectivity index (χ1v) is 0. The molecule has 0 unspecified atom stereocenters. The van der Waals surface area contributed by atoms with Gasteiger partial charge in [0.1, 0.15) is 0 Å². The molecule has 0 bridgehead atoms. The molecule has 5 heavy (non-hydrogen) atoms. The van der Waals surface area contributed by atoms with E-state index in [1.807, 2.05) is 0 Å². The van der Waals surface area contributed by atoms with Gasteiger partial charge in [0, 0.05) is 55.6 Å². The zero-order valence-corrected chi connectivity index (χ0v) is 5.18. The second-order valence-corrected chi connectivity index (χ2v) is 0. The molecule has 0 aromatic carbocycles. The SMILES string of the molecule is O.[Co].[Cu].[NaH].[Ti]. The van der Waals surface area contributed by atoms with Crippen LogP contribution in [-0.4, -0.2) is 35.0 Å². The summed E-state index contributed by atoms with van der Waals surface area (Å²) in [6, 6.07) is 0. The van der Waals surface area contributed by atoms with Crippen molar-refractivity contribution in [3.8, 4) is 0 Å². The van der Waals surface area contributed by atoms with Crippen LogP contribution in [0.3, 0.4) is 0 Å². The number of rotatable bonds is 0. The van der Waals surface area contributed by atoms with Crippen LogP contribution >= 0.6 is 0 Å². The fourth-order valence-corrected chi connectivity index (χ4v) is 0. The Balaban J connectivity index is 0. The summed E-state index contributed by atoms with van der Waals surface area (Å²) in [5.74, 6) is 0. The molecule has 2 N–H and O–H groups in total. The van der Waals surface area contributed by atoms with Crippen LogP contribution in [0, 0.1) is 0 Å². The maximum absolute atomic E-state index is 0. The summed E-state index contributed by atoms with van der Waals surface area (Å²) >= 11 is 0. The molecular formula is H3CoCuNaOTi. The van der Waals surface area contributed by atoms with Crippen LogP contribution < -0.4 is 0 Å². The molecule has 0 aromatic heterocycles. The third-order valence-electron chi connectivity index (χ3n) is 0. The number of hydrogen-bond acceptors (Lipinski definition) is 0. The monoisotopic (exact) mass is 212 g/mol. The van der Waals surface area contributed by atoms with Crippen LogP contribution in [0.2, 0.25) is 0 Å². The van der Waals surface area contributed by atoms with E-state index >= 15 is 0 Å². The molecule has 0 saturated carbocycles. The fourth-order valence-electron chi connectivity index (χ4n) is 0. The molecule has 0 rings (SSSR count). The van der Waals surface area contributed by atoms with Gasteiger partial charge in [-0.05, 0) is 0 Å². The Hall–Kier alpha value is 2.70. The van der Waals surface area contributed by atoms with Crippen LogP contribution in [-0.2, 0) is 55.6 Å². The van der Waals surface area contributed by atoms with E-state index in [0.29, 0.717) is 0 Å². The zero-order valence-electron chi connectivity index (χ0n) is 1.63. The minimum absolute atomic E-state index is 0.